The van der Waals surface area contributed by atoms with Crippen LogP contribution in [-0.4, -0.2) is 42.6 Å². The second kappa shape index (κ2) is 4.63. The number of halogens is 1. The number of imide groups is 1. The maximum atomic E-state index is 12.2. The van der Waals surface area contributed by atoms with E-state index in [-0.39, 0.29) is 10.0 Å². The molecule has 1 aromatic rings. The highest BCUT2D eigenvalue weighted by Gasteiger charge is 2.34. The summed E-state index contributed by atoms with van der Waals surface area (Å²) in [6, 6.07) is 2.67. The highest BCUT2D eigenvalue weighted by Crippen LogP contribution is 2.22. The van der Waals surface area contributed by atoms with E-state index in [1.54, 1.807) is 0 Å². The largest absolute Gasteiger partial charge is 0.294 e. The molecule has 0 radical (unpaired) electrons. The molecular weight excluding hydrogens is 282 g/mol. The van der Waals surface area contributed by atoms with Crippen molar-refractivity contribution in [2.45, 2.75) is 4.90 Å². The third kappa shape index (κ3) is 2.35. The van der Waals surface area contributed by atoms with Gasteiger partial charge >= 0.3 is 0 Å². The van der Waals surface area contributed by atoms with Gasteiger partial charge in [0.15, 0.2) is 0 Å². The molecule has 7 nitrogen and oxygen atoms in total. The van der Waals surface area contributed by atoms with Crippen molar-refractivity contribution >= 4 is 33.4 Å². The van der Waals surface area contributed by atoms with Gasteiger partial charge in [0.2, 0.25) is 21.8 Å². The standard InChI is InChI=1S/C9H8ClN3O4S/c10-9-6(2-1-3-11-9)18(16,17)13-4-7(14)12-8(15)5-13/h1-3H,4-5H2,(H,12,14,15). The molecule has 96 valence electrons. The molecule has 1 aromatic heterocycles. The highest BCUT2D eigenvalue weighted by molar-refractivity contribution is 7.89. The zero-order valence-electron chi connectivity index (χ0n) is 8.96. The summed E-state index contributed by atoms with van der Waals surface area (Å²) in [5.41, 5.74) is 0. The van der Waals surface area contributed by atoms with Crippen LogP contribution in [-0.2, 0) is 19.6 Å². The monoisotopic (exact) mass is 289 g/mol. The van der Waals surface area contributed by atoms with Crippen LogP contribution in [0.5, 0.6) is 0 Å². The molecule has 1 saturated heterocycles. The molecule has 2 amide bonds. The lowest BCUT2D eigenvalue weighted by atomic mass is 10.4. The Labute approximate surface area is 108 Å². The van der Waals surface area contributed by atoms with Gasteiger partial charge < -0.3 is 0 Å². The van der Waals surface area contributed by atoms with Crippen molar-refractivity contribution in [2.24, 2.45) is 0 Å². The molecule has 0 atom stereocenters. The molecule has 0 aromatic carbocycles. The molecule has 2 rings (SSSR count). The SMILES string of the molecule is O=C1CN(S(=O)(=O)c2cccnc2Cl)CC(=O)N1. The van der Waals surface area contributed by atoms with Gasteiger partial charge in [-0.15, -0.1) is 0 Å². The average molecular weight is 290 g/mol. The average Bonchev–Trinajstić information content (AvgIpc) is 2.28. The van der Waals surface area contributed by atoms with Gasteiger partial charge in [0, 0.05) is 6.20 Å². The van der Waals surface area contributed by atoms with E-state index in [0.717, 1.165) is 4.31 Å². The van der Waals surface area contributed by atoms with Crippen LogP contribution in [0.3, 0.4) is 0 Å². The van der Waals surface area contributed by atoms with Gasteiger partial charge in [0.25, 0.3) is 0 Å². The van der Waals surface area contributed by atoms with Crippen LogP contribution in [0, 0.1) is 0 Å². The molecule has 2 heterocycles. The van der Waals surface area contributed by atoms with Gasteiger partial charge in [-0.05, 0) is 12.1 Å². The normalized spacial score (nSPS) is 17.6. The Morgan fingerprint density at radius 3 is 2.44 bits per heavy atom. The molecular formula is C9H8ClN3O4S. The van der Waals surface area contributed by atoms with Crippen LogP contribution in [0.2, 0.25) is 5.15 Å². The lowest BCUT2D eigenvalue weighted by molar-refractivity contribution is -0.134. The van der Waals surface area contributed by atoms with Crippen molar-refractivity contribution < 1.29 is 18.0 Å². The zero-order valence-corrected chi connectivity index (χ0v) is 10.5. The number of hydrogen-bond donors (Lipinski definition) is 1. The Morgan fingerprint density at radius 2 is 1.89 bits per heavy atom. The Balaban J connectivity index is 2.40. The van der Waals surface area contributed by atoms with Crippen molar-refractivity contribution in [3.05, 3.63) is 23.5 Å². The van der Waals surface area contributed by atoms with Gasteiger partial charge in [-0.25, -0.2) is 13.4 Å². The minimum absolute atomic E-state index is 0.198. The van der Waals surface area contributed by atoms with E-state index in [1.807, 2.05) is 5.32 Å². The number of piperazine rings is 1. The van der Waals surface area contributed by atoms with Crippen LogP contribution in [0.25, 0.3) is 0 Å². The summed E-state index contributed by atoms with van der Waals surface area (Å²) in [6.45, 7) is -0.835. The number of nitrogens with zero attached hydrogens (tertiary/aromatic N) is 2. The van der Waals surface area contributed by atoms with E-state index in [4.69, 9.17) is 11.6 Å². The Morgan fingerprint density at radius 1 is 1.28 bits per heavy atom. The quantitative estimate of drug-likeness (QED) is 0.578. The summed E-state index contributed by atoms with van der Waals surface area (Å²) in [7, 11) is -4.00. The summed E-state index contributed by atoms with van der Waals surface area (Å²) in [4.78, 5) is 25.7. The molecule has 0 unspecified atom stereocenters. The fourth-order valence-corrected chi connectivity index (χ4v) is 3.26. The Kier molecular flexibility index (Phi) is 3.33. The third-order valence-corrected chi connectivity index (χ3v) is 4.50. The second-order valence-corrected chi connectivity index (χ2v) is 5.80. The van der Waals surface area contributed by atoms with Crippen LogP contribution >= 0.6 is 11.6 Å². The summed E-state index contributed by atoms with van der Waals surface area (Å²) in [6.07, 6.45) is 1.34. The first-order valence-corrected chi connectivity index (χ1v) is 6.66. The van der Waals surface area contributed by atoms with E-state index in [9.17, 15) is 18.0 Å². The number of carbonyl (C=O) groups is 2. The number of sulfonamides is 1. The lowest BCUT2D eigenvalue weighted by Crippen LogP contribution is -2.53. The van der Waals surface area contributed by atoms with Gasteiger partial charge in [0.05, 0.1) is 13.1 Å². The van der Waals surface area contributed by atoms with Crippen LogP contribution in [0.15, 0.2) is 23.2 Å². The summed E-state index contributed by atoms with van der Waals surface area (Å²) >= 11 is 5.70. The van der Waals surface area contributed by atoms with E-state index in [0.29, 0.717) is 0 Å². The van der Waals surface area contributed by atoms with E-state index in [2.05, 4.69) is 4.98 Å². The maximum Gasteiger partial charge on any atom is 0.247 e. The molecule has 1 aliphatic heterocycles. The third-order valence-electron chi connectivity index (χ3n) is 2.26. The molecule has 9 heteroatoms. The molecule has 0 bridgehead atoms. The minimum Gasteiger partial charge on any atom is -0.294 e. The lowest BCUT2D eigenvalue weighted by Gasteiger charge is -2.24. The number of aromatic nitrogens is 1. The first kappa shape index (κ1) is 12.9. The minimum atomic E-state index is -4.00. The van der Waals surface area contributed by atoms with E-state index in [1.165, 1.54) is 18.3 Å². The predicted molar refractivity (Wildman–Crippen MR) is 61.2 cm³/mol. The number of pyridine rings is 1. The number of hydrogen-bond acceptors (Lipinski definition) is 5. The van der Waals surface area contributed by atoms with Crippen molar-refractivity contribution in [3.63, 3.8) is 0 Å². The number of nitrogens with one attached hydrogen (secondary N) is 1. The zero-order chi connectivity index (χ0) is 13.3. The molecule has 0 saturated carbocycles. The van der Waals surface area contributed by atoms with E-state index < -0.39 is 34.9 Å². The summed E-state index contributed by atoms with van der Waals surface area (Å²) in [5.74, 6) is -1.34. The molecule has 1 aliphatic rings. The fourth-order valence-electron chi connectivity index (χ4n) is 1.48. The first-order valence-electron chi connectivity index (χ1n) is 4.84. The number of amides is 2. The molecule has 0 aliphatic carbocycles. The first-order chi connectivity index (χ1) is 8.41. The molecule has 0 spiro atoms. The predicted octanol–water partition coefficient (Wildman–Crippen LogP) is -0.618. The van der Waals surface area contributed by atoms with Gasteiger partial charge in [0.1, 0.15) is 10.0 Å². The Hall–Kier alpha value is -1.51. The van der Waals surface area contributed by atoms with Crippen molar-refractivity contribution in [1.29, 1.82) is 0 Å². The molecule has 1 fully saturated rings. The van der Waals surface area contributed by atoms with Gasteiger partial charge in [-0.1, -0.05) is 11.6 Å². The number of carbonyl (C=O) groups excluding carboxylic acids is 2. The smallest absolute Gasteiger partial charge is 0.247 e. The summed E-state index contributed by atoms with van der Waals surface area (Å²) < 4.78 is 25.1. The van der Waals surface area contributed by atoms with Crippen LogP contribution in [0.4, 0.5) is 0 Å². The van der Waals surface area contributed by atoms with Crippen molar-refractivity contribution in [1.82, 2.24) is 14.6 Å². The fraction of sp³-hybridized carbons (Fsp3) is 0.222. The van der Waals surface area contributed by atoms with Crippen molar-refractivity contribution in [2.75, 3.05) is 13.1 Å². The van der Waals surface area contributed by atoms with Gasteiger partial charge in [-0.2, -0.15) is 4.31 Å². The summed E-state index contributed by atoms with van der Waals surface area (Å²) in [5, 5.41) is 1.82. The van der Waals surface area contributed by atoms with Gasteiger partial charge in [-0.3, -0.25) is 14.9 Å². The topological polar surface area (TPSA) is 96.4 Å². The van der Waals surface area contributed by atoms with Crippen molar-refractivity contribution in [3.8, 4) is 0 Å². The van der Waals surface area contributed by atoms with E-state index >= 15 is 0 Å². The Bertz CT molecular complexity index is 600. The number of rotatable bonds is 2. The highest BCUT2D eigenvalue weighted by atomic mass is 35.5. The maximum absolute atomic E-state index is 12.2. The van der Waals surface area contributed by atoms with Crippen LogP contribution in [0.1, 0.15) is 0 Å². The molecule has 18 heavy (non-hydrogen) atoms. The van der Waals surface area contributed by atoms with Crippen LogP contribution < -0.4 is 5.32 Å². The molecule has 1 N–H and O–H groups in total. The second-order valence-electron chi connectivity index (χ2n) is 3.54.